The maximum atomic E-state index is 12.1. The van der Waals surface area contributed by atoms with Crippen LogP contribution >= 0.6 is 0 Å². The SMILES string of the molecule is Cc1nc(-c2cccc(NC(=O)C(=O)N[C@@H]3CCC[C@H]3C)c2)n[nH]1. The van der Waals surface area contributed by atoms with E-state index in [0.717, 1.165) is 24.8 Å². The lowest BCUT2D eigenvalue weighted by molar-refractivity contribution is -0.136. The van der Waals surface area contributed by atoms with Crippen molar-refractivity contribution in [3.05, 3.63) is 30.1 Å². The molecule has 0 bridgehead atoms. The van der Waals surface area contributed by atoms with Crippen LogP contribution in [0.1, 0.15) is 32.0 Å². The molecule has 0 radical (unpaired) electrons. The molecular weight excluding hydrogens is 306 g/mol. The second kappa shape index (κ2) is 6.82. The highest BCUT2D eigenvalue weighted by molar-refractivity contribution is 6.39. The first kappa shape index (κ1) is 16.2. The van der Waals surface area contributed by atoms with Gasteiger partial charge in [-0.25, -0.2) is 4.98 Å². The number of nitrogens with one attached hydrogen (secondary N) is 3. The number of aromatic amines is 1. The molecule has 0 aliphatic heterocycles. The van der Waals surface area contributed by atoms with Gasteiger partial charge in [0, 0.05) is 17.3 Å². The van der Waals surface area contributed by atoms with E-state index in [2.05, 4.69) is 32.7 Å². The smallest absolute Gasteiger partial charge is 0.313 e. The predicted molar refractivity (Wildman–Crippen MR) is 90.1 cm³/mol. The molecule has 2 amide bonds. The third-order valence-corrected chi connectivity index (χ3v) is 4.36. The molecule has 126 valence electrons. The Kier molecular flexibility index (Phi) is 4.59. The molecule has 3 rings (SSSR count). The van der Waals surface area contributed by atoms with Crippen molar-refractivity contribution in [3.63, 3.8) is 0 Å². The molecule has 1 aliphatic rings. The van der Waals surface area contributed by atoms with E-state index in [0.29, 0.717) is 23.3 Å². The highest BCUT2D eigenvalue weighted by Gasteiger charge is 2.27. The van der Waals surface area contributed by atoms with Crippen molar-refractivity contribution in [3.8, 4) is 11.4 Å². The lowest BCUT2D eigenvalue weighted by Crippen LogP contribution is -2.42. The number of aromatic nitrogens is 3. The van der Waals surface area contributed by atoms with Crippen molar-refractivity contribution < 1.29 is 9.59 Å². The molecule has 2 atom stereocenters. The zero-order valence-corrected chi connectivity index (χ0v) is 13.8. The van der Waals surface area contributed by atoms with Gasteiger partial charge in [0.15, 0.2) is 5.82 Å². The van der Waals surface area contributed by atoms with E-state index < -0.39 is 11.8 Å². The van der Waals surface area contributed by atoms with Crippen molar-refractivity contribution in [1.82, 2.24) is 20.5 Å². The van der Waals surface area contributed by atoms with Gasteiger partial charge in [-0.1, -0.05) is 25.5 Å². The maximum absolute atomic E-state index is 12.1. The number of hydrogen-bond acceptors (Lipinski definition) is 4. The van der Waals surface area contributed by atoms with Crippen LogP contribution in [0, 0.1) is 12.8 Å². The van der Waals surface area contributed by atoms with Gasteiger partial charge in [-0.05, 0) is 37.8 Å². The van der Waals surface area contributed by atoms with Gasteiger partial charge < -0.3 is 10.6 Å². The van der Waals surface area contributed by atoms with E-state index in [4.69, 9.17) is 0 Å². The largest absolute Gasteiger partial charge is 0.345 e. The average molecular weight is 327 g/mol. The fourth-order valence-electron chi connectivity index (χ4n) is 2.99. The standard InChI is InChI=1S/C17H21N5O2/c1-10-5-3-8-14(10)20-17(24)16(23)19-13-7-4-6-12(9-13)15-18-11(2)21-22-15/h4,6-7,9-10,14H,3,5,8H2,1-2H3,(H,19,23)(H,20,24)(H,18,21,22)/t10-,14-/m1/s1. The van der Waals surface area contributed by atoms with Crippen molar-refractivity contribution in [1.29, 1.82) is 0 Å². The predicted octanol–water partition coefficient (Wildman–Crippen LogP) is 2.02. The number of nitrogens with zero attached hydrogens (tertiary/aromatic N) is 2. The van der Waals surface area contributed by atoms with E-state index >= 15 is 0 Å². The summed E-state index contributed by atoms with van der Waals surface area (Å²) in [5.74, 6) is 0.432. The molecule has 1 aliphatic carbocycles. The van der Waals surface area contributed by atoms with Gasteiger partial charge >= 0.3 is 11.8 Å². The zero-order valence-electron chi connectivity index (χ0n) is 13.8. The van der Waals surface area contributed by atoms with E-state index in [1.165, 1.54) is 0 Å². The van der Waals surface area contributed by atoms with Crippen LogP contribution in [0.4, 0.5) is 5.69 Å². The van der Waals surface area contributed by atoms with Gasteiger partial charge in [0.25, 0.3) is 0 Å². The summed E-state index contributed by atoms with van der Waals surface area (Å²) in [4.78, 5) is 28.4. The van der Waals surface area contributed by atoms with Crippen LogP contribution in [0.5, 0.6) is 0 Å². The molecule has 7 nitrogen and oxygen atoms in total. The Morgan fingerprint density at radius 2 is 2.08 bits per heavy atom. The van der Waals surface area contributed by atoms with Gasteiger partial charge in [-0.15, -0.1) is 0 Å². The Hall–Kier alpha value is -2.70. The highest BCUT2D eigenvalue weighted by Crippen LogP contribution is 2.24. The third-order valence-electron chi connectivity index (χ3n) is 4.36. The number of carbonyl (C=O) groups is 2. The first-order chi connectivity index (χ1) is 11.5. The summed E-state index contributed by atoms with van der Waals surface area (Å²) in [5.41, 5.74) is 1.30. The fourth-order valence-corrected chi connectivity index (χ4v) is 2.99. The van der Waals surface area contributed by atoms with E-state index in [1.54, 1.807) is 18.2 Å². The Morgan fingerprint density at radius 3 is 2.75 bits per heavy atom. The highest BCUT2D eigenvalue weighted by atomic mass is 16.2. The van der Waals surface area contributed by atoms with Crippen molar-refractivity contribution in [2.24, 2.45) is 5.92 Å². The monoisotopic (exact) mass is 327 g/mol. The second-order valence-corrected chi connectivity index (χ2v) is 6.27. The topological polar surface area (TPSA) is 99.8 Å². The summed E-state index contributed by atoms with van der Waals surface area (Å²) in [6.07, 6.45) is 3.11. The Bertz CT molecular complexity index is 755. The summed E-state index contributed by atoms with van der Waals surface area (Å²) < 4.78 is 0. The summed E-state index contributed by atoms with van der Waals surface area (Å²) in [6, 6.07) is 7.19. The molecule has 2 aromatic rings. The maximum Gasteiger partial charge on any atom is 0.313 e. The third kappa shape index (κ3) is 3.61. The van der Waals surface area contributed by atoms with E-state index in [9.17, 15) is 9.59 Å². The Labute approximate surface area is 140 Å². The van der Waals surface area contributed by atoms with E-state index in [-0.39, 0.29) is 6.04 Å². The van der Waals surface area contributed by atoms with Gasteiger partial charge in [0.05, 0.1) is 0 Å². The number of rotatable bonds is 3. The van der Waals surface area contributed by atoms with Crippen LogP contribution in [0.25, 0.3) is 11.4 Å². The van der Waals surface area contributed by atoms with Crippen LogP contribution in [-0.2, 0) is 9.59 Å². The minimum atomic E-state index is -0.655. The summed E-state index contributed by atoms with van der Waals surface area (Å²) >= 11 is 0. The molecular formula is C17H21N5O2. The zero-order chi connectivity index (χ0) is 17.1. The molecule has 0 saturated heterocycles. The minimum absolute atomic E-state index is 0.0887. The molecule has 1 saturated carbocycles. The molecule has 1 aromatic carbocycles. The molecule has 1 aromatic heterocycles. The summed E-state index contributed by atoms with van der Waals surface area (Å²) in [7, 11) is 0. The molecule has 1 fully saturated rings. The number of hydrogen-bond donors (Lipinski definition) is 3. The fraction of sp³-hybridized carbons (Fsp3) is 0.412. The number of carbonyl (C=O) groups excluding carboxylic acids is 2. The van der Waals surface area contributed by atoms with Gasteiger partial charge in [0.1, 0.15) is 5.82 Å². The quantitative estimate of drug-likeness (QED) is 0.751. The van der Waals surface area contributed by atoms with Gasteiger partial charge in [-0.2, -0.15) is 5.10 Å². The first-order valence-electron chi connectivity index (χ1n) is 8.14. The van der Waals surface area contributed by atoms with Crippen molar-refractivity contribution >= 4 is 17.5 Å². The molecule has 0 unspecified atom stereocenters. The first-order valence-corrected chi connectivity index (χ1v) is 8.14. The Morgan fingerprint density at radius 1 is 1.25 bits per heavy atom. The normalized spacial score (nSPS) is 19.9. The molecule has 24 heavy (non-hydrogen) atoms. The average Bonchev–Trinajstić information content (AvgIpc) is 3.16. The number of H-pyrrole nitrogens is 1. The Balaban J connectivity index is 1.65. The summed E-state index contributed by atoms with van der Waals surface area (Å²) in [6.45, 7) is 3.91. The van der Waals surface area contributed by atoms with Crippen LogP contribution in [0.3, 0.4) is 0 Å². The van der Waals surface area contributed by atoms with Crippen molar-refractivity contribution in [2.45, 2.75) is 39.2 Å². The van der Waals surface area contributed by atoms with Crippen molar-refractivity contribution in [2.75, 3.05) is 5.32 Å². The van der Waals surface area contributed by atoms with Crippen LogP contribution in [0.2, 0.25) is 0 Å². The second-order valence-electron chi connectivity index (χ2n) is 6.27. The van der Waals surface area contributed by atoms with Gasteiger partial charge in [0.2, 0.25) is 0 Å². The lowest BCUT2D eigenvalue weighted by atomic mass is 10.1. The summed E-state index contributed by atoms with van der Waals surface area (Å²) in [5, 5.41) is 12.3. The molecule has 1 heterocycles. The number of benzene rings is 1. The van der Waals surface area contributed by atoms with Gasteiger partial charge in [-0.3, -0.25) is 14.7 Å². The number of anilines is 1. The lowest BCUT2D eigenvalue weighted by Gasteiger charge is -2.16. The number of amides is 2. The van der Waals surface area contributed by atoms with Crippen LogP contribution in [0.15, 0.2) is 24.3 Å². The van der Waals surface area contributed by atoms with Crippen LogP contribution in [-0.4, -0.2) is 33.0 Å². The number of aryl methyl sites for hydroxylation is 1. The van der Waals surface area contributed by atoms with Crippen LogP contribution < -0.4 is 10.6 Å². The molecule has 3 N–H and O–H groups in total. The minimum Gasteiger partial charge on any atom is -0.345 e. The molecule has 0 spiro atoms. The van der Waals surface area contributed by atoms with E-state index in [1.807, 2.05) is 13.0 Å². The molecule has 7 heteroatoms.